The molecule has 3 aliphatic rings. The van der Waals surface area contributed by atoms with Gasteiger partial charge < -0.3 is 10.6 Å². The average molecular weight is 649 g/mol. The molecule has 2 aliphatic carbocycles. The van der Waals surface area contributed by atoms with E-state index in [-0.39, 0.29) is 53.2 Å². The van der Waals surface area contributed by atoms with Crippen molar-refractivity contribution in [2.24, 2.45) is 27.7 Å². The van der Waals surface area contributed by atoms with E-state index >= 15 is 0 Å². The first kappa shape index (κ1) is 34.6. The summed E-state index contributed by atoms with van der Waals surface area (Å²) in [6.45, 7) is 13.1. The molecule has 2 N–H and O–H groups in total. The molecule has 1 aromatic carbocycles. The molecule has 1 spiro atoms. The molecule has 1 aliphatic heterocycles. The zero-order chi connectivity index (χ0) is 32.4. The van der Waals surface area contributed by atoms with Crippen LogP contribution in [0.15, 0.2) is 42.0 Å². The van der Waals surface area contributed by atoms with Gasteiger partial charge in [-0.1, -0.05) is 58.5 Å². The normalized spacial score (nSPS) is 27.3. The maximum absolute atomic E-state index is 14.2. The third-order valence-corrected chi connectivity index (χ3v) is 14.5. The Morgan fingerprint density at radius 3 is 2.48 bits per heavy atom. The molecular weight excluding hydrogens is 597 g/mol. The minimum absolute atomic E-state index is 0.0300. The monoisotopic (exact) mass is 648 g/mol. The molecule has 11 heteroatoms. The van der Waals surface area contributed by atoms with Crippen LogP contribution in [0.2, 0.25) is 0 Å². The quantitative estimate of drug-likeness (QED) is 0.246. The molecule has 246 valence electrons. The van der Waals surface area contributed by atoms with Crippen molar-refractivity contribution in [3.8, 4) is 0 Å². The number of amides is 1. The Bertz CT molecular complexity index is 1450. The third kappa shape index (κ3) is 6.94. The van der Waals surface area contributed by atoms with Crippen molar-refractivity contribution in [2.75, 3.05) is 37.4 Å². The van der Waals surface area contributed by atoms with Crippen LogP contribution >= 0.6 is 0 Å². The SMILES string of the molecule is C=CNC=NCC(CCS(C)(=O)=O)C(=O)NC1CC(C)C(C)(C)C1(CC)CS(=O)(=O)N1CCC2(CCc3ccccc32)CC1. The number of benzene rings is 1. The Kier molecular flexibility index (Phi) is 10.4. The van der Waals surface area contributed by atoms with Crippen molar-refractivity contribution in [1.29, 1.82) is 0 Å². The average Bonchev–Trinajstić information content (AvgIpc) is 3.40. The number of sulfone groups is 1. The number of sulfonamides is 1. The van der Waals surface area contributed by atoms with Crippen LogP contribution in [0.1, 0.15) is 77.3 Å². The summed E-state index contributed by atoms with van der Waals surface area (Å²) in [6, 6.07) is 8.23. The lowest BCUT2D eigenvalue weighted by molar-refractivity contribution is -0.126. The molecule has 0 aromatic heterocycles. The number of carbonyl (C=O) groups is 1. The van der Waals surface area contributed by atoms with Crippen molar-refractivity contribution in [1.82, 2.24) is 14.9 Å². The van der Waals surface area contributed by atoms with Crippen molar-refractivity contribution >= 4 is 32.1 Å². The standard InChI is InChI=1S/C33H52N4O5S2/c1-7-33(23-44(41,42)37-18-16-32(17-19-37)15-13-26-11-9-10-12-28(26)32)29(21-25(3)31(33,4)5)36-30(38)27(14-20-43(6,39)40)22-35-24-34-8-2/h8-12,24-25,27,29H,2,7,13-23H2,1,3-6H3,(H,34,35)(H,36,38). The van der Waals surface area contributed by atoms with Crippen LogP contribution in [0.4, 0.5) is 0 Å². The number of piperidine rings is 1. The number of hydrogen-bond donors (Lipinski definition) is 2. The van der Waals surface area contributed by atoms with Crippen molar-refractivity contribution in [3.05, 3.63) is 48.2 Å². The van der Waals surface area contributed by atoms with Gasteiger partial charge in [-0.3, -0.25) is 9.79 Å². The zero-order valence-corrected chi connectivity index (χ0v) is 28.8. The lowest BCUT2D eigenvalue weighted by atomic mass is 9.63. The van der Waals surface area contributed by atoms with Gasteiger partial charge in [-0.15, -0.1) is 0 Å². The molecule has 4 atom stereocenters. The molecule has 4 unspecified atom stereocenters. The molecule has 1 amide bonds. The predicted octanol–water partition coefficient (Wildman–Crippen LogP) is 4.06. The number of hydrogen-bond acceptors (Lipinski definition) is 6. The first-order valence-corrected chi connectivity index (χ1v) is 19.7. The third-order valence-electron chi connectivity index (χ3n) is 11.5. The van der Waals surface area contributed by atoms with Crippen LogP contribution in [-0.4, -0.2) is 76.8 Å². The maximum Gasteiger partial charge on any atom is 0.225 e. The first-order valence-electron chi connectivity index (χ1n) is 16.0. The van der Waals surface area contributed by atoms with Crippen LogP contribution in [0.3, 0.4) is 0 Å². The number of nitrogens with one attached hydrogen (secondary N) is 2. The van der Waals surface area contributed by atoms with E-state index in [1.54, 1.807) is 4.31 Å². The molecular formula is C33H52N4O5S2. The number of carbonyl (C=O) groups excluding carboxylic acids is 1. The molecule has 9 nitrogen and oxygen atoms in total. The Balaban J connectivity index is 1.54. The summed E-state index contributed by atoms with van der Waals surface area (Å²) in [5.41, 5.74) is 1.80. The van der Waals surface area contributed by atoms with E-state index < -0.39 is 31.2 Å². The maximum atomic E-state index is 14.2. The van der Waals surface area contributed by atoms with Gasteiger partial charge in [-0.2, -0.15) is 0 Å². The highest BCUT2D eigenvalue weighted by Gasteiger charge is 2.60. The van der Waals surface area contributed by atoms with Crippen LogP contribution in [0.5, 0.6) is 0 Å². The van der Waals surface area contributed by atoms with Crippen molar-refractivity contribution < 1.29 is 21.6 Å². The first-order chi connectivity index (χ1) is 20.6. The molecule has 2 fully saturated rings. The van der Waals surface area contributed by atoms with E-state index in [0.29, 0.717) is 25.9 Å². The van der Waals surface area contributed by atoms with Gasteiger partial charge in [0.05, 0.1) is 30.3 Å². The highest BCUT2D eigenvalue weighted by molar-refractivity contribution is 7.90. The summed E-state index contributed by atoms with van der Waals surface area (Å²) in [7, 11) is -6.91. The van der Waals surface area contributed by atoms with E-state index in [9.17, 15) is 21.6 Å². The van der Waals surface area contributed by atoms with Crippen LogP contribution in [0, 0.1) is 22.7 Å². The molecule has 1 aromatic rings. The lowest BCUT2D eigenvalue weighted by Crippen LogP contribution is -2.56. The number of aryl methyl sites for hydroxylation is 1. The molecule has 0 radical (unpaired) electrons. The molecule has 1 heterocycles. The number of fused-ring (bicyclic) bond motifs is 2. The minimum atomic E-state index is -3.63. The number of nitrogens with zero attached hydrogens (tertiary/aromatic N) is 2. The summed E-state index contributed by atoms with van der Waals surface area (Å²) in [4.78, 5) is 18.0. The van der Waals surface area contributed by atoms with Crippen molar-refractivity contribution in [2.45, 2.75) is 84.1 Å². The zero-order valence-electron chi connectivity index (χ0n) is 27.1. The summed E-state index contributed by atoms with van der Waals surface area (Å²) in [6.07, 6.45) is 9.22. The largest absolute Gasteiger partial charge is 0.354 e. The molecule has 0 bridgehead atoms. The fourth-order valence-electron chi connectivity index (χ4n) is 8.23. The predicted molar refractivity (Wildman–Crippen MR) is 178 cm³/mol. The summed E-state index contributed by atoms with van der Waals surface area (Å²) < 4.78 is 54.1. The molecule has 44 heavy (non-hydrogen) atoms. The van der Waals surface area contributed by atoms with E-state index in [1.165, 1.54) is 23.7 Å². The molecule has 1 saturated heterocycles. The number of rotatable bonds is 13. The minimum Gasteiger partial charge on any atom is -0.354 e. The van der Waals surface area contributed by atoms with Crippen LogP contribution in [0.25, 0.3) is 0 Å². The van der Waals surface area contributed by atoms with Gasteiger partial charge in [0.15, 0.2) is 0 Å². The Morgan fingerprint density at radius 2 is 1.84 bits per heavy atom. The van der Waals surface area contributed by atoms with E-state index in [1.807, 2.05) is 6.92 Å². The Morgan fingerprint density at radius 1 is 1.16 bits per heavy atom. The molecule has 4 rings (SSSR count). The fraction of sp³-hybridized carbons (Fsp3) is 0.697. The lowest BCUT2D eigenvalue weighted by Gasteiger charge is -2.48. The Labute approximate surface area is 265 Å². The van der Waals surface area contributed by atoms with Gasteiger partial charge in [0.25, 0.3) is 0 Å². The van der Waals surface area contributed by atoms with E-state index in [4.69, 9.17) is 0 Å². The topological polar surface area (TPSA) is 125 Å². The van der Waals surface area contributed by atoms with Gasteiger partial charge in [-0.25, -0.2) is 21.1 Å². The van der Waals surface area contributed by atoms with E-state index in [2.05, 4.69) is 67.2 Å². The second kappa shape index (κ2) is 13.2. The molecule has 1 saturated carbocycles. The second-order valence-corrected chi connectivity index (χ2v) is 18.2. The van der Waals surface area contributed by atoms with Crippen LogP contribution in [-0.2, 0) is 36.5 Å². The fourth-order valence-corrected chi connectivity index (χ4v) is 11.3. The summed E-state index contributed by atoms with van der Waals surface area (Å²) >= 11 is 0. The van der Waals surface area contributed by atoms with E-state index in [0.717, 1.165) is 31.9 Å². The number of aliphatic imine (C=N–C) groups is 1. The van der Waals surface area contributed by atoms with Crippen LogP contribution < -0.4 is 10.6 Å². The van der Waals surface area contributed by atoms with Crippen molar-refractivity contribution in [3.63, 3.8) is 0 Å². The Hall–Kier alpha value is -2.24. The van der Waals surface area contributed by atoms with Gasteiger partial charge >= 0.3 is 0 Å². The highest BCUT2D eigenvalue weighted by atomic mass is 32.2. The second-order valence-electron chi connectivity index (χ2n) is 14.0. The van der Waals surface area contributed by atoms with Gasteiger partial charge in [0.2, 0.25) is 15.9 Å². The summed E-state index contributed by atoms with van der Waals surface area (Å²) in [5.74, 6) is -0.930. The van der Waals surface area contributed by atoms with Gasteiger partial charge in [0, 0.05) is 30.8 Å². The summed E-state index contributed by atoms with van der Waals surface area (Å²) in [5, 5.41) is 5.98. The van der Waals surface area contributed by atoms with Gasteiger partial charge in [-0.05, 0) is 79.0 Å². The highest BCUT2D eigenvalue weighted by Crippen LogP contribution is 2.59. The smallest absolute Gasteiger partial charge is 0.225 e. The van der Waals surface area contributed by atoms with Gasteiger partial charge in [0.1, 0.15) is 9.84 Å².